The topological polar surface area (TPSA) is 67.4 Å². The van der Waals surface area contributed by atoms with E-state index in [2.05, 4.69) is 10.6 Å². The van der Waals surface area contributed by atoms with Crippen molar-refractivity contribution < 1.29 is 14.3 Å². The molecule has 0 fully saturated rings. The number of rotatable bonds is 8. The summed E-state index contributed by atoms with van der Waals surface area (Å²) in [7, 11) is 0. The van der Waals surface area contributed by atoms with Crippen LogP contribution in [0.2, 0.25) is 0 Å². The molecule has 0 aromatic heterocycles. The number of ether oxygens (including phenoxy) is 1. The summed E-state index contributed by atoms with van der Waals surface area (Å²) in [5, 5.41) is 5.70. The lowest BCUT2D eigenvalue weighted by Crippen LogP contribution is -2.32. The maximum Gasteiger partial charge on any atom is 0.265 e. The van der Waals surface area contributed by atoms with Crippen LogP contribution in [0.5, 0.6) is 5.75 Å². The molecule has 0 aliphatic carbocycles. The van der Waals surface area contributed by atoms with Crippen molar-refractivity contribution in [1.82, 2.24) is 5.32 Å². The van der Waals surface area contributed by atoms with Crippen LogP contribution in [0.15, 0.2) is 78.9 Å². The second kappa shape index (κ2) is 10.4. The molecule has 2 N–H and O–H groups in total. The monoisotopic (exact) mass is 416 g/mol. The SMILES string of the molecule is CCC(Oc1ccc(-c2ccccc2)cc1)C(=O)Nc1cccc(C(=O)NC(C)C)c1. The highest BCUT2D eigenvalue weighted by molar-refractivity contribution is 5.98. The Balaban J connectivity index is 1.65. The Kier molecular flexibility index (Phi) is 7.44. The molecule has 3 aromatic rings. The lowest BCUT2D eigenvalue weighted by Gasteiger charge is -2.18. The van der Waals surface area contributed by atoms with Gasteiger partial charge in [-0.25, -0.2) is 0 Å². The summed E-state index contributed by atoms with van der Waals surface area (Å²) in [5.41, 5.74) is 3.27. The van der Waals surface area contributed by atoms with Crippen LogP contribution in [-0.2, 0) is 4.79 Å². The minimum Gasteiger partial charge on any atom is -0.481 e. The lowest BCUT2D eigenvalue weighted by molar-refractivity contribution is -0.122. The van der Waals surface area contributed by atoms with Crippen molar-refractivity contribution in [2.75, 3.05) is 5.32 Å². The van der Waals surface area contributed by atoms with Gasteiger partial charge in [-0.05, 0) is 61.7 Å². The molecule has 0 saturated carbocycles. The number of benzene rings is 3. The molecule has 0 aliphatic heterocycles. The Bertz CT molecular complexity index is 1010. The largest absolute Gasteiger partial charge is 0.481 e. The first-order valence-electron chi connectivity index (χ1n) is 10.5. The van der Waals surface area contributed by atoms with E-state index in [1.54, 1.807) is 24.3 Å². The molecule has 3 rings (SSSR count). The number of carbonyl (C=O) groups excluding carboxylic acids is 2. The highest BCUT2D eigenvalue weighted by atomic mass is 16.5. The molecule has 5 nitrogen and oxygen atoms in total. The van der Waals surface area contributed by atoms with Gasteiger partial charge >= 0.3 is 0 Å². The molecule has 0 aliphatic rings. The van der Waals surface area contributed by atoms with Gasteiger partial charge in [-0.2, -0.15) is 0 Å². The van der Waals surface area contributed by atoms with E-state index in [-0.39, 0.29) is 17.9 Å². The molecule has 1 atom stereocenters. The van der Waals surface area contributed by atoms with E-state index < -0.39 is 6.10 Å². The van der Waals surface area contributed by atoms with Crippen LogP contribution in [0.1, 0.15) is 37.6 Å². The summed E-state index contributed by atoms with van der Waals surface area (Å²) < 4.78 is 5.93. The van der Waals surface area contributed by atoms with Crippen molar-refractivity contribution in [1.29, 1.82) is 0 Å². The van der Waals surface area contributed by atoms with Gasteiger partial charge in [-0.3, -0.25) is 9.59 Å². The molecule has 0 spiro atoms. The van der Waals surface area contributed by atoms with Gasteiger partial charge in [0.2, 0.25) is 0 Å². The van der Waals surface area contributed by atoms with Crippen LogP contribution in [-0.4, -0.2) is 24.0 Å². The highest BCUT2D eigenvalue weighted by Crippen LogP contribution is 2.23. The zero-order valence-corrected chi connectivity index (χ0v) is 18.1. The summed E-state index contributed by atoms with van der Waals surface area (Å²) >= 11 is 0. The van der Waals surface area contributed by atoms with E-state index in [1.807, 2.05) is 75.4 Å². The van der Waals surface area contributed by atoms with Crippen LogP contribution in [0, 0.1) is 0 Å². The number of anilines is 1. The number of nitrogens with one attached hydrogen (secondary N) is 2. The second-order valence-electron chi connectivity index (χ2n) is 7.60. The van der Waals surface area contributed by atoms with Gasteiger partial charge < -0.3 is 15.4 Å². The average Bonchev–Trinajstić information content (AvgIpc) is 2.78. The summed E-state index contributed by atoms with van der Waals surface area (Å²) in [4.78, 5) is 25.0. The molecule has 5 heteroatoms. The van der Waals surface area contributed by atoms with Gasteiger partial charge in [0.05, 0.1) is 0 Å². The molecule has 0 radical (unpaired) electrons. The normalized spacial score (nSPS) is 11.6. The summed E-state index contributed by atoms with van der Waals surface area (Å²) in [6, 6.07) is 24.7. The van der Waals surface area contributed by atoms with Crippen LogP contribution in [0.3, 0.4) is 0 Å². The van der Waals surface area contributed by atoms with Crippen LogP contribution in [0.4, 0.5) is 5.69 Å². The summed E-state index contributed by atoms with van der Waals surface area (Å²) in [5.74, 6) is 0.204. The first-order chi connectivity index (χ1) is 15.0. The van der Waals surface area contributed by atoms with Crippen LogP contribution in [0.25, 0.3) is 11.1 Å². The Morgan fingerprint density at radius 2 is 1.55 bits per heavy atom. The third-order valence-electron chi connectivity index (χ3n) is 4.72. The molecular weight excluding hydrogens is 388 g/mol. The van der Waals surface area contributed by atoms with Crippen LogP contribution >= 0.6 is 0 Å². The molecular formula is C26H28N2O3. The predicted octanol–water partition coefficient (Wildman–Crippen LogP) is 5.29. The molecule has 1 unspecified atom stereocenters. The fourth-order valence-electron chi connectivity index (χ4n) is 3.15. The van der Waals surface area contributed by atoms with Crippen LogP contribution < -0.4 is 15.4 Å². The Labute approximate surface area is 183 Å². The number of hydrogen-bond donors (Lipinski definition) is 2. The number of carbonyl (C=O) groups is 2. The third-order valence-corrected chi connectivity index (χ3v) is 4.72. The quantitative estimate of drug-likeness (QED) is 0.524. The second-order valence-corrected chi connectivity index (χ2v) is 7.60. The Morgan fingerprint density at radius 1 is 0.871 bits per heavy atom. The van der Waals surface area contributed by atoms with Gasteiger partial charge in [0.15, 0.2) is 6.10 Å². The maximum atomic E-state index is 12.8. The van der Waals surface area contributed by atoms with Crippen molar-refractivity contribution in [3.63, 3.8) is 0 Å². The van der Waals surface area contributed by atoms with Gasteiger partial charge in [-0.1, -0.05) is 55.5 Å². The number of hydrogen-bond acceptors (Lipinski definition) is 3. The highest BCUT2D eigenvalue weighted by Gasteiger charge is 2.19. The molecule has 2 amide bonds. The van der Waals surface area contributed by atoms with E-state index in [1.165, 1.54) is 0 Å². The van der Waals surface area contributed by atoms with Crippen molar-refractivity contribution in [3.8, 4) is 16.9 Å². The van der Waals surface area contributed by atoms with Crippen molar-refractivity contribution >= 4 is 17.5 Å². The van der Waals surface area contributed by atoms with Gasteiger partial charge in [-0.15, -0.1) is 0 Å². The first kappa shape index (κ1) is 22.1. The first-order valence-corrected chi connectivity index (χ1v) is 10.5. The van der Waals surface area contributed by atoms with E-state index in [0.29, 0.717) is 23.4 Å². The predicted molar refractivity (Wildman–Crippen MR) is 124 cm³/mol. The smallest absolute Gasteiger partial charge is 0.265 e. The number of amides is 2. The van der Waals surface area contributed by atoms with E-state index >= 15 is 0 Å². The summed E-state index contributed by atoms with van der Waals surface area (Å²) in [6.07, 6.45) is -0.129. The third kappa shape index (κ3) is 6.19. The van der Waals surface area contributed by atoms with Gasteiger partial charge in [0.1, 0.15) is 5.75 Å². The van der Waals surface area contributed by atoms with Crippen molar-refractivity contribution in [2.24, 2.45) is 0 Å². The molecule has 0 bridgehead atoms. The minimum absolute atomic E-state index is 0.0388. The van der Waals surface area contributed by atoms with E-state index in [9.17, 15) is 9.59 Å². The van der Waals surface area contributed by atoms with Crippen molar-refractivity contribution in [2.45, 2.75) is 39.3 Å². The fraction of sp³-hybridized carbons (Fsp3) is 0.231. The molecule has 0 heterocycles. The zero-order valence-electron chi connectivity index (χ0n) is 18.1. The minimum atomic E-state index is -0.643. The van der Waals surface area contributed by atoms with Gasteiger partial charge in [0, 0.05) is 17.3 Å². The Morgan fingerprint density at radius 3 is 2.19 bits per heavy atom. The maximum absolute atomic E-state index is 12.8. The van der Waals surface area contributed by atoms with E-state index in [0.717, 1.165) is 11.1 Å². The standard InChI is InChI=1S/C26H28N2O3/c1-4-24(31-23-15-13-20(14-16-23)19-9-6-5-7-10-19)26(30)28-22-12-8-11-21(17-22)25(29)27-18(2)3/h5-18,24H,4H2,1-3H3,(H,27,29)(H,28,30). The fourth-order valence-corrected chi connectivity index (χ4v) is 3.15. The molecule has 160 valence electrons. The molecule has 3 aromatic carbocycles. The van der Waals surface area contributed by atoms with Crippen molar-refractivity contribution in [3.05, 3.63) is 84.4 Å². The van der Waals surface area contributed by atoms with E-state index in [4.69, 9.17) is 4.74 Å². The Hall–Kier alpha value is -3.60. The average molecular weight is 417 g/mol. The van der Waals surface area contributed by atoms with Gasteiger partial charge in [0.25, 0.3) is 11.8 Å². The molecule has 31 heavy (non-hydrogen) atoms. The zero-order chi connectivity index (χ0) is 22.2. The molecule has 0 saturated heterocycles. The summed E-state index contributed by atoms with van der Waals surface area (Å²) in [6.45, 7) is 5.70. The lowest BCUT2D eigenvalue weighted by atomic mass is 10.1.